The van der Waals surface area contributed by atoms with Gasteiger partial charge in [0.2, 0.25) is 17.7 Å². The van der Waals surface area contributed by atoms with Crippen LogP contribution in [0.25, 0.3) is 10.9 Å². The van der Waals surface area contributed by atoms with Crippen LogP contribution in [-0.4, -0.2) is 98.0 Å². The molecule has 0 aliphatic rings. The Balaban J connectivity index is 1.46. The van der Waals surface area contributed by atoms with Crippen LogP contribution >= 0.6 is 0 Å². The maximum absolute atomic E-state index is 13.0. The number of nitrogens with one attached hydrogen (secondary N) is 4. The largest absolute Gasteiger partial charge is 0.481 e. The average molecular weight is 829 g/mol. The molecule has 13 heteroatoms. The third-order valence-electron chi connectivity index (χ3n) is 10.8. The topological polar surface area (TPSA) is 163 Å². The molecule has 0 saturated heterocycles. The number of amides is 3. The Morgan fingerprint density at radius 2 is 1.24 bits per heavy atom. The van der Waals surface area contributed by atoms with Gasteiger partial charge in [0.15, 0.2) is 0 Å². The number of hydrogen-bond acceptors (Lipinski definition) is 8. The zero-order valence-electron chi connectivity index (χ0n) is 37.0. The van der Waals surface area contributed by atoms with Crippen molar-refractivity contribution in [3.8, 4) is 0 Å². The van der Waals surface area contributed by atoms with Crippen molar-refractivity contribution in [2.24, 2.45) is 0 Å². The summed E-state index contributed by atoms with van der Waals surface area (Å²) < 4.78 is 13.2. The second-order valence-electron chi connectivity index (χ2n) is 15.9. The van der Waals surface area contributed by atoms with Gasteiger partial charge in [0.1, 0.15) is 6.04 Å². The number of aromatic nitrogens is 1. The first-order valence-corrected chi connectivity index (χ1v) is 22.9. The van der Waals surface area contributed by atoms with E-state index in [4.69, 9.17) is 9.47 Å². The van der Waals surface area contributed by atoms with Crippen LogP contribution in [0.4, 0.5) is 0 Å². The zero-order chi connectivity index (χ0) is 42.8. The van der Waals surface area contributed by atoms with E-state index in [0.717, 1.165) is 29.4 Å². The van der Waals surface area contributed by atoms with Gasteiger partial charge in [-0.2, -0.15) is 0 Å². The van der Waals surface area contributed by atoms with Gasteiger partial charge in [-0.1, -0.05) is 134 Å². The van der Waals surface area contributed by atoms with E-state index < -0.39 is 17.9 Å². The minimum atomic E-state index is -1.04. The molecule has 0 bridgehead atoms. The van der Waals surface area contributed by atoms with Gasteiger partial charge in [0.05, 0.1) is 33.0 Å². The van der Waals surface area contributed by atoms with Gasteiger partial charge in [-0.15, -0.1) is 0 Å². The zero-order valence-corrected chi connectivity index (χ0v) is 37.0. The molecule has 59 heavy (non-hydrogen) atoms. The summed E-state index contributed by atoms with van der Waals surface area (Å²) in [5.41, 5.74) is 5.14. The Hall–Kier alpha value is -3.52. The number of ether oxygens (including phenoxy) is 2. The molecule has 1 aromatic carbocycles. The van der Waals surface area contributed by atoms with Crippen LogP contribution in [-0.2, 0) is 41.7 Å². The molecule has 1 heterocycles. The smallest absolute Gasteiger partial charge is 0.303 e. The number of aliphatic carboxylic acids is 1. The molecule has 336 valence electrons. The van der Waals surface area contributed by atoms with Gasteiger partial charge in [0, 0.05) is 57.2 Å². The number of aryl methyl sites for hydroxylation is 1. The molecule has 2 rings (SSSR count). The maximum Gasteiger partial charge on any atom is 0.303 e. The molecule has 13 nitrogen and oxygen atoms in total. The Kier molecular flexibility index (Phi) is 29.9. The molecule has 1 aromatic heterocycles. The summed E-state index contributed by atoms with van der Waals surface area (Å²) in [7, 11) is 3.78. The molecule has 5 N–H and O–H groups in total. The van der Waals surface area contributed by atoms with Crippen molar-refractivity contribution in [2.45, 2.75) is 167 Å². The van der Waals surface area contributed by atoms with E-state index in [1.807, 2.05) is 43.4 Å². The van der Waals surface area contributed by atoms with E-state index >= 15 is 0 Å². The van der Waals surface area contributed by atoms with Crippen LogP contribution in [0.3, 0.4) is 0 Å². The quantitative estimate of drug-likeness (QED) is 0.0337. The van der Waals surface area contributed by atoms with Crippen molar-refractivity contribution in [3.63, 3.8) is 0 Å². The molecule has 0 radical (unpaired) electrons. The lowest BCUT2D eigenvalue weighted by molar-refractivity contribution is -0.138. The maximum atomic E-state index is 13.0. The molecule has 0 unspecified atom stereocenters. The number of carboxylic acids is 1. The van der Waals surface area contributed by atoms with E-state index in [9.17, 15) is 24.3 Å². The molecule has 2 aromatic rings. The van der Waals surface area contributed by atoms with Gasteiger partial charge < -0.3 is 35.1 Å². The Morgan fingerprint density at radius 3 is 1.80 bits per heavy atom. The predicted molar refractivity (Wildman–Crippen MR) is 237 cm³/mol. The van der Waals surface area contributed by atoms with Gasteiger partial charge in [-0.05, 0) is 37.4 Å². The number of carbonyl (C=O) groups is 4. The summed E-state index contributed by atoms with van der Waals surface area (Å²) in [6.45, 7) is 5.26. The number of carbonyl (C=O) groups excluding carboxylic acids is 3. The average Bonchev–Trinajstić information content (AvgIpc) is 3.57. The molecule has 3 amide bonds. The Labute approximate surface area is 355 Å². The highest BCUT2D eigenvalue weighted by molar-refractivity contribution is 5.88. The number of unbranched alkanes of at least 4 members (excludes halogenated alkanes) is 17. The van der Waals surface area contributed by atoms with Crippen molar-refractivity contribution in [1.29, 1.82) is 0 Å². The van der Waals surface area contributed by atoms with E-state index in [-0.39, 0.29) is 44.2 Å². The minimum Gasteiger partial charge on any atom is -0.481 e. The highest BCUT2D eigenvalue weighted by atomic mass is 16.5. The Bertz CT molecular complexity index is 1420. The normalized spacial score (nSPS) is 11.9. The lowest BCUT2D eigenvalue weighted by atomic mass is 10.0. The van der Waals surface area contributed by atoms with Gasteiger partial charge in [-0.25, -0.2) is 5.01 Å². The monoisotopic (exact) mass is 829 g/mol. The third-order valence-corrected chi connectivity index (χ3v) is 10.8. The van der Waals surface area contributed by atoms with E-state index in [1.165, 1.54) is 103 Å². The molecule has 0 aliphatic carbocycles. The molecule has 0 aliphatic heterocycles. The predicted octanol–water partition coefficient (Wildman–Crippen LogP) is 7.64. The first-order chi connectivity index (χ1) is 28.7. The van der Waals surface area contributed by atoms with Crippen LogP contribution in [0.5, 0.6) is 0 Å². The number of carboxylic acid groups (broad SMARTS) is 1. The standard InChI is InChI=1S/C46H80N6O7/c1-4-5-6-7-8-9-10-11-12-13-14-15-16-17-18-19-20-21-26-43(53)48-30-33-58-35-36-59-34-31-49-46(57)41(27-28-45(55)56)50-44(54)29-32-52-40(38-51(3)47-2)37-39-24-22-23-25-42(39)52/h22-25,37,41,47H,4-21,26-36,38H2,1-3H3,(H,48,53)(H,49,57)(H,50,54)(H,55,56)/t41-/m0/s1. The number of hydrazine groups is 1. The molecular weight excluding hydrogens is 749 g/mol. The fourth-order valence-electron chi connectivity index (χ4n) is 7.23. The summed E-state index contributed by atoms with van der Waals surface area (Å²) in [5, 5.41) is 20.6. The van der Waals surface area contributed by atoms with E-state index in [0.29, 0.717) is 45.9 Å². The van der Waals surface area contributed by atoms with Gasteiger partial charge >= 0.3 is 5.97 Å². The summed E-state index contributed by atoms with van der Waals surface area (Å²) in [6, 6.07) is 9.09. The fourth-order valence-corrected chi connectivity index (χ4v) is 7.23. The van der Waals surface area contributed by atoms with E-state index in [2.05, 4.69) is 38.9 Å². The fraction of sp³-hybridized carbons (Fsp3) is 0.739. The number of fused-ring (bicyclic) bond motifs is 1. The number of nitrogens with zero attached hydrogens (tertiary/aromatic N) is 2. The number of benzene rings is 1. The number of hydrogen-bond donors (Lipinski definition) is 5. The molecule has 0 fully saturated rings. The molecule has 0 saturated carbocycles. The van der Waals surface area contributed by atoms with Crippen molar-refractivity contribution in [3.05, 3.63) is 36.0 Å². The van der Waals surface area contributed by atoms with Gasteiger partial charge in [0.25, 0.3) is 0 Å². The second kappa shape index (κ2) is 34.2. The van der Waals surface area contributed by atoms with Crippen molar-refractivity contribution < 1.29 is 33.8 Å². The lowest BCUT2D eigenvalue weighted by Crippen LogP contribution is -2.47. The summed E-state index contributed by atoms with van der Waals surface area (Å²) in [6.07, 6.45) is 24.3. The van der Waals surface area contributed by atoms with Gasteiger partial charge in [-0.3, -0.25) is 24.6 Å². The lowest BCUT2D eigenvalue weighted by Gasteiger charge is -2.19. The Morgan fingerprint density at radius 1 is 0.695 bits per heavy atom. The van der Waals surface area contributed by atoms with Crippen molar-refractivity contribution >= 4 is 34.6 Å². The summed E-state index contributed by atoms with van der Waals surface area (Å²) in [5.74, 6) is -1.77. The summed E-state index contributed by atoms with van der Waals surface area (Å²) in [4.78, 5) is 49.4. The van der Waals surface area contributed by atoms with Crippen molar-refractivity contribution in [2.75, 3.05) is 53.6 Å². The second-order valence-corrected chi connectivity index (χ2v) is 15.9. The van der Waals surface area contributed by atoms with Crippen LogP contribution in [0.1, 0.15) is 154 Å². The first-order valence-electron chi connectivity index (χ1n) is 22.9. The van der Waals surface area contributed by atoms with Crippen LogP contribution < -0.4 is 21.4 Å². The van der Waals surface area contributed by atoms with Crippen LogP contribution in [0.15, 0.2) is 30.3 Å². The highest BCUT2D eigenvalue weighted by Crippen LogP contribution is 2.21. The van der Waals surface area contributed by atoms with Crippen LogP contribution in [0.2, 0.25) is 0 Å². The van der Waals surface area contributed by atoms with Crippen LogP contribution in [0, 0.1) is 0 Å². The minimum absolute atomic E-state index is 0.0254. The van der Waals surface area contributed by atoms with E-state index in [1.54, 1.807) is 0 Å². The summed E-state index contributed by atoms with van der Waals surface area (Å²) >= 11 is 0. The molecule has 0 spiro atoms. The molecular formula is C46H80N6O7. The highest BCUT2D eigenvalue weighted by Gasteiger charge is 2.22. The first kappa shape index (κ1) is 51.6. The van der Waals surface area contributed by atoms with Crippen molar-refractivity contribution in [1.82, 2.24) is 31.0 Å². The molecule has 1 atom stereocenters. The SMILES string of the molecule is CCCCCCCCCCCCCCCCCCCCC(=O)NCCOCCOCCNC(=O)[C@H](CCC(=O)O)NC(=O)CCn1c(CN(C)NC)cc2ccccc21. The number of para-hydroxylation sites is 1. The third kappa shape index (κ3) is 25.7. The number of rotatable bonds is 39.